The summed E-state index contributed by atoms with van der Waals surface area (Å²) < 4.78 is 0. The number of nitrogens with zero attached hydrogens (tertiary/aromatic N) is 5. The number of rotatable bonds is 6. The molecule has 9 nitrogen and oxygen atoms in total. The summed E-state index contributed by atoms with van der Waals surface area (Å²) in [4.78, 5) is 45.9. The maximum Gasteiger partial charge on any atom is 0.342 e. The van der Waals surface area contributed by atoms with Crippen LogP contribution in [0.3, 0.4) is 0 Å². The molecule has 194 valence electrons. The van der Waals surface area contributed by atoms with E-state index in [2.05, 4.69) is 68.6 Å². The highest BCUT2D eigenvalue weighted by Gasteiger charge is 2.37. The molecule has 3 aromatic rings. The number of imide groups is 1. The van der Waals surface area contributed by atoms with Crippen LogP contribution in [-0.2, 0) is 17.9 Å². The van der Waals surface area contributed by atoms with Crippen LogP contribution in [0, 0.1) is 0 Å². The van der Waals surface area contributed by atoms with Crippen LogP contribution < -0.4 is 5.32 Å². The van der Waals surface area contributed by atoms with Crippen molar-refractivity contribution in [3.8, 4) is 0 Å². The molecule has 4 heterocycles. The van der Waals surface area contributed by atoms with E-state index in [0.717, 1.165) is 43.9 Å². The molecule has 0 aliphatic carbocycles. The summed E-state index contributed by atoms with van der Waals surface area (Å²) in [5.41, 5.74) is 5.22. The van der Waals surface area contributed by atoms with Gasteiger partial charge in [-0.15, -0.1) is 0 Å². The number of hydrazine groups is 1. The normalized spacial score (nSPS) is 19.4. The largest absolute Gasteiger partial charge is 0.342 e. The molecule has 2 saturated heterocycles. The third kappa shape index (κ3) is 4.78. The molecule has 9 heteroatoms. The van der Waals surface area contributed by atoms with Gasteiger partial charge in [0.1, 0.15) is 0 Å². The lowest BCUT2D eigenvalue weighted by molar-refractivity contribution is -0.123. The van der Waals surface area contributed by atoms with Crippen LogP contribution in [0.2, 0.25) is 0 Å². The standard InChI is InChI=1S/C29H30N6O3/c36-26-10-13-34(29(38)31-26)35-20-24-18-21(6-7-25(24)28(35)37)19-32-14-16-33(17-15-32)27(22-4-2-1-3-5-22)23-8-11-30-12-9-23/h1-9,11-12,18,27H,10,13-17,19-20H2,(H,31,36,38). The number of pyridine rings is 1. The van der Waals surface area contributed by atoms with Gasteiger partial charge in [0.2, 0.25) is 5.91 Å². The van der Waals surface area contributed by atoms with Gasteiger partial charge in [-0.25, -0.2) is 14.8 Å². The smallest absolute Gasteiger partial charge is 0.297 e. The highest BCUT2D eigenvalue weighted by Crippen LogP contribution is 2.30. The van der Waals surface area contributed by atoms with E-state index in [4.69, 9.17) is 0 Å². The predicted molar refractivity (Wildman–Crippen MR) is 141 cm³/mol. The van der Waals surface area contributed by atoms with Crippen molar-refractivity contribution in [1.82, 2.24) is 30.1 Å². The Morgan fingerprint density at radius 2 is 1.55 bits per heavy atom. The van der Waals surface area contributed by atoms with Crippen molar-refractivity contribution in [3.05, 3.63) is 101 Å². The average molecular weight is 511 g/mol. The van der Waals surface area contributed by atoms with Crippen molar-refractivity contribution in [2.24, 2.45) is 0 Å². The summed E-state index contributed by atoms with van der Waals surface area (Å²) in [6.45, 7) is 5.13. The number of aromatic nitrogens is 1. The topological polar surface area (TPSA) is 89.1 Å². The lowest BCUT2D eigenvalue weighted by Crippen LogP contribution is -2.56. The minimum Gasteiger partial charge on any atom is -0.297 e. The number of hydrogen-bond acceptors (Lipinski definition) is 6. The molecular formula is C29H30N6O3. The molecule has 38 heavy (non-hydrogen) atoms. The Morgan fingerprint density at radius 1 is 0.816 bits per heavy atom. The molecule has 2 fully saturated rings. The Hall–Kier alpha value is -4.08. The summed E-state index contributed by atoms with van der Waals surface area (Å²) >= 11 is 0. The number of amides is 4. The maximum absolute atomic E-state index is 13.0. The van der Waals surface area contributed by atoms with Crippen molar-refractivity contribution in [2.45, 2.75) is 25.6 Å². The van der Waals surface area contributed by atoms with Gasteiger partial charge < -0.3 is 0 Å². The van der Waals surface area contributed by atoms with Gasteiger partial charge >= 0.3 is 6.03 Å². The number of nitrogens with one attached hydrogen (secondary N) is 1. The first-order chi connectivity index (χ1) is 18.6. The first-order valence-electron chi connectivity index (χ1n) is 13.0. The lowest BCUT2D eigenvalue weighted by atomic mass is 9.97. The molecule has 0 bridgehead atoms. The molecule has 2 aromatic carbocycles. The van der Waals surface area contributed by atoms with Crippen LogP contribution in [0.4, 0.5) is 4.79 Å². The van der Waals surface area contributed by atoms with Gasteiger partial charge in [0.05, 0.1) is 19.1 Å². The van der Waals surface area contributed by atoms with Gasteiger partial charge in [0.25, 0.3) is 5.91 Å². The predicted octanol–water partition coefficient (Wildman–Crippen LogP) is 2.80. The van der Waals surface area contributed by atoms with Crippen LogP contribution in [-0.4, -0.2) is 75.4 Å². The van der Waals surface area contributed by atoms with Crippen molar-refractivity contribution in [2.75, 3.05) is 32.7 Å². The van der Waals surface area contributed by atoms with Crippen LogP contribution in [0.25, 0.3) is 0 Å². The van der Waals surface area contributed by atoms with E-state index in [1.165, 1.54) is 21.1 Å². The Labute approximate surface area is 221 Å². The Morgan fingerprint density at radius 3 is 2.29 bits per heavy atom. The average Bonchev–Trinajstić information content (AvgIpc) is 3.26. The van der Waals surface area contributed by atoms with Gasteiger partial charge in [-0.2, -0.15) is 0 Å². The quantitative estimate of drug-likeness (QED) is 0.549. The van der Waals surface area contributed by atoms with Crippen LogP contribution in [0.1, 0.15) is 45.1 Å². The SMILES string of the molecule is O=C1CCN(N2Cc3cc(CN4CCN(C(c5ccccc5)c5ccncc5)CC4)ccc3C2=O)C(=O)N1. The van der Waals surface area contributed by atoms with E-state index < -0.39 is 6.03 Å². The zero-order valence-corrected chi connectivity index (χ0v) is 21.1. The molecule has 1 aromatic heterocycles. The molecule has 1 unspecified atom stereocenters. The third-order valence-electron chi connectivity index (χ3n) is 7.59. The van der Waals surface area contributed by atoms with Gasteiger partial charge in [0, 0.05) is 57.1 Å². The summed E-state index contributed by atoms with van der Waals surface area (Å²) in [6.07, 6.45) is 3.91. The van der Waals surface area contributed by atoms with E-state index in [9.17, 15) is 14.4 Å². The molecule has 1 N–H and O–H groups in total. The van der Waals surface area contributed by atoms with Gasteiger partial charge in [-0.1, -0.05) is 42.5 Å². The first-order valence-corrected chi connectivity index (χ1v) is 13.0. The number of hydrogen-bond donors (Lipinski definition) is 1. The Kier molecular flexibility index (Phi) is 6.61. The first kappa shape index (κ1) is 24.3. The van der Waals surface area contributed by atoms with Crippen molar-refractivity contribution in [3.63, 3.8) is 0 Å². The fourth-order valence-corrected chi connectivity index (χ4v) is 5.67. The second-order valence-corrected chi connectivity index (χ2v) is 9.99. The van der Waals surface area contributed by atoms with Crippen molar-refractivity contribution < 1.29 is 14.4 Å². The molecule has 4 amide bonds. The number of carbonyl (C=O) groups excluding carboxylic acids is 3. The zero-order valence-electron chi connectivity index (χ0n) is 21.1. The summed E-state index contributed by atoms with van der Waals surface area (Å²) in [5.74, 6) is -0.513. The molecule has 0 spiro atoms. The summed E-state index contributed by atoms with van der Waals surface area (Å²) in [5, 5.41) is 5.08. The van der Waals surface area contributed by atoms with Gasteiger partial charge in [-0.3, -0.25) is 29.7 Å². The molecule has 3 aliphatic heterocycles. The second kappa shape index (κ2) is 10.4. The maximum atomic E-state index is 13.0. The lowest BCUT2D eigenvalue weighted by Gasteiger charge is -2.39. The fraction of sp³-hybridized carbons (Fsp3) is 0.310. The molecule has 0 radical (unpaired) electrons. The highest BCUT2D eigenvalue weighted by molar-refractivity contribution is 6.01. The Balaban J connectivity index is 1.11. The van der Waals surface area contributed by atoms with Crippen LogP contribution in [0.5, 0.6) is 0 Å². The van der Waals surface area contributed by atoms with E-state index in [-0.39, 0.29) is 30.8 Å². The number of carbonyl (C=O) groups is 3. The molecule has 3 aliphatic rings. The van der Waals surface area contributed by atoms with Gasteiger partial charge in [0.15, 0.2) is 0 Å². The summed E-state index contributed by atoms with van der Waals surface area (Å²) in [7, 11) is 0. The number of fused-ring (bicyclic) bond motifs is 1. The summed E-state index contributed by atoms with van der Waals surface area (Å²) in [6, 6.07) is 20.4. The van der Waals surface area contributed by atoms with E-state index in [1.54, 1.807) is 0 Å². The molecule has 1 atom stereocenters. The molecule has 6 rings (SSSR count). The zero-order chi connectivity index (χ0) is 26.1. The van der Waals surface area contributed by atoms with E-state index in [1.807, 2.05) is 24.5 Å². The molecular weight excluding hydrogens is 480 g/mol. The highest BCUT2D eigenvalue weighted by atomic mass is 16.2. The van der Waals surface area contributed by atoms with E-state index in [0.29, 0.717) is 12.1 Å². The number of piperazine rings is 1. The fourth-order valence-electron chi connectivity index (χ4n) is 5.67. The Bertz CT molecular complexity index is 1300. The van der Waals surface area contributed by atoms with Crippen molar-refractivity contribution >= 4 is 17.8 Å². The minimum atomic E-state index is -0.541. The van der Waals surface area contributed by atoms with Gasteiger partial charge in [-0.05, 0) is 40.5 Å². The monoisotopic (exact) mass is 510 g/mol. The minimum absolute atomic E-state index is 0.190. The number of urea groups is 1. The third-order valence-corrected chi connectivity index (χ3v) is 7.59. The second-order valence-electron chi connectivity index (χ2n) is 9.99. The van der Waals surface area contributed by atoms with Crippen LogP contribution in [0.15, 0.2) is 73.1 Å². The van der Waals surface area contributed by atoms with E-state index >= 15 is 0 Å². The van der Waals surface area contributed by atoms with Crippen molar-refractivity contribution in [1.29, 1.82) is 0 Å². The number of benzene rings is 2. The molecule has 0 saturated carbocycles. The van der Waals surface area contributed by atoms with Crippen LogP contribution >= 0.6 is 0 Å².